The monoisotopic (exact) mass is 414 g/mol. The van der Waals surface area contributed by atoms with Gasteiger partial charge in [0, 0.05) is 17.6 Å². The van der Waals surface area contributed by atoms with Gasteiger partial charge in [-0.2, -0.15) is 5.26 Å². The molecule has 0 spiro atoms. The number of hydrogen-bond acceptors (Lipinski definition) is 8. The minimum atomic E-state index is -3.82. The summed E-state index contributed by atoms with van der Waals surface area (Å²) in [6, 6.07) is 11.7. The van der Waals surface area contributed by atoms with Gasteiger partial charge in [-0.1, -0.05) is 30.3 Å². The van der Waals surface area contributed by atoms with Gasteiger partial charge in [-0.3, -0.25) is 9.52 Å². The van der Waals surface area contributed by atoms with E-state index in [4.69, 9.17) is 5.26 Å². The number of sulfonamides is 1. The number of aromatic hydroxyl groups is 1. The Morgan fingerprint density at radius 1 is 1.29 bits per heavy atom. The van der Waals surface area contributed by atoms with Gasteiger partial charge in [-0.05, 0) is 5.56 Å². The molecule has 0 fully saturated rings. The molecule has 142 valence electrons. The minimum Gasteiger partial charge on any atom is -0.506 e. The highest BCUT2D eigenvalue weighted by Crippen LogP contribution is 2.30. The SMILES string of the molecule is N#Cc1cnc(-c2nc(CC(=O)NS(=O)(=O)Cc3ccccc3)cs2)c(O)c1. The second-order valence-electron chi connectivity index (χ2n) is 5.79. The summed E-state index contributed by atoms with van der Waals surface area (Å²) in [6.45, 7) is 0. The lowest BCUT2D eigenvalue weighted by Gasteiger charge is -2.06. The zero-order valence-corrected chi connectivity index (χ0v) is 16.0. The number of nitrogens with zero attached hydrogens (tertiary/aromatic N) is 3. The van der Waals surface area contributed by atoms with Crippen molar-refractivity contribution in [3.63, 3.8) is 0 Å². The summed E-state index contributed by atoms with van der Waals surface area (Å²) in [5.41, 5.74) is 1.31. The molecule has 0 unspecified atom stereocenters. The van der Waals surface area contributed by atoms with Gasteiger partial charge in [-0.25, -0.2) is 18.4 Å². The maximum absolute atomic E-state index is 12.1. The fourth-order valence-electron chi connectivity index (χ4n) is 2.38. The van der Waals surface area contributed by atoms with E-state index in [9.17, 15) is 18.3 Å². The first-order valence-corrected chi connectivity index (χ1v) is 10.5. The second-order valence-corrected chi connectivity index (χ2v) is 8.37. The van der Waals surface area contributed by atoms with Crippen LogP contribution in [0.3, 0.4) is 0 Å². The summed E-state index contributed by atoms with van der Waals surface area (Å²) in [4.78, 5) is 20.3. The topological polar surface area (TPSA) is 133 Å². The van der Waals surface area contributed by atoms with Crippen molar-refractivity contribution in [2.24, 2.45) is 0 Å². The molecule has 0 atom stereocenters. The van der Waals surface area contributed by atoms with Crippen molar-refractivity contribution < 1.29 is 18.3 Å². The van der Waals surface area contributed by atoms with Gasteiger partial charge in [0.15, 0.2) is 0 Å². The first-order chi connectivity index (χ1) is 13.4. The molecule has 2 N–H and O–H groups in total. The number of rotatable bonds is 6. The lowest BCUT2D eigenvalue weighted by Crippen LogP contribution is -2.32. The van der Waals surface area contributed by atoms with Gasteiger partial charge in [0.2, 0.25) is 15.9 Å². The van der Waals surface area contributed by atoms with Gasteiger partial charge < -0.3 is 5.11 Å². The lowest BCUT2D eigenvalue weighted by atomic mass is 10.2. The fourth-order valence-corrected chi connectivity index (χ4v) is 4.32. The van der Waals surface area contributed by atoms with Gasteiger partial charge in [0.25, 0.3) is 0 Å². The molecule has 0 bridgehead atoms. The van der Waals surface area contributed by atoms with E-state index in [2.05, 4.69) is 9.97 Å². The van der Waals surface area contributed by atoms with Crippen LogP contribution in [0, 0.1) is 11.3 Å². The van der Waals surface area contributed by atoms with E-state index in [1.165, 1.54) is 12.3 Å². The molecule has 1 amide bonds. The number of amides is 1. The predicted octanol–water partition coefficient (Wildman–Crippen LogP) is 1.97. The highest BCUT2D eigenvalue weighted by molar-refractivity contribution is 7.89. The molecule has 28 heavy (non-hydrogen) atoms. The normalized spacial score (nSPS) is 11.0. The van der Waals surface area contributed by atoms with E-state index < -0.39 is 15.9 Å². The lowest BCUT2D eigenvalue weighted by molar-refractivity contribution is -0.118. The third-order valence-corrected chi connectivity index (χ3v) is 5.71. The number of nitrogens with one attached hydrogen (secondary N) is 1. The number of hydrogen-bond donors (Lipinski definition) is 2. The Hall–Kier alpha value is -3.29. The van der Waals surface area contributed by atoms with Gasteiger partial charge in [-0.15, -0.1) is 11.3 Å². The molecule has 0 radical (unpaired) electrons. The molecule has 2 heterocycles. The standard InChI is InChI=1S/C18H14N4O4S2/c19-8-13-6-15(23)17(20-9-13)18-21-14(10-27-18)7-16(24)22-28(25,26)11-12-4-2-1-3-5-12/h1-6,9-10,23H,7,11H2,(H,22,24). The molecule has 0 aliphatic heterocycles. The predicted molar refractivity (Wildman–Crippen MR) is 103 cm³/mol. The van der Waals surface area contributed by atoms with Crippen LogP contribution in [-0.4, -0.2) is 29.4 Å². The Morgan fingerprint density at radius 2 is 2.04 bits per heavy atom. The highest BCUT2D eigenvalue weighted by Gasteiger charge is 2.18. The third kappa shape index (κ3) is 4.91. The molecule has 2 aromatic heterocycles. The van der Waals surface area contributed by atoms with Crippen molar-refractivity contribution in [2.75, 3.05) is 0 Å². The average molecular weight is 414 g/mol. The summed E-state index contributed by atoms with van der Waals surface area (Å²) in [5.74, 6) is -1.20. The van der Waals surface area contributed by atoms with Crippen molar-refractivity contribution in [1.29, 1.82) is 5.26 Å². The van der Waals surface area contributed by atoms with Crippen molar-refractivity contribution in [3.8, 4) is 22.5 Å². The van der Waals surface area contributed by atoms with Crippen LogP contribution < -0.4 is 4.72 Å². The van der Waals surface area contributed by atoms with Crippen LogP contribution >= 0.6 is 11.3 Å². The molecule has 10 heteroatoms. The maximum Gasteiger partial charge on any atom is 0.239 e. The quantitative estimate of drug-likeness (QED) is 0.630. The Balaban J connectivity index is 1.66. The number of pyridine rings is 1. The first kappa shape index (κ1) is 19.5. The van der Waals surface area contributed by atoms with Crippen LogP contribution in [0.2, 0.25) is 0 Å². The summed E-state index contributed by atoms with van der Waals surface area (Å²) in [5, 5.41) is 20.7. The largest absolute Gasteiger partial charge is 0.506 e. The van der Waals surface area contributed by atoms with E-state index in [1.807, 2.05) is 10.8 Å². The molecule has 0 saturated carbocycles. The number of nitriles is 1. The van der Waals surface area contributed by atoms with Crippen LogP contribution in [0.1, 0.15) is 16.8 Å². The smallest absolute Gasteiger partial charge is 0.239 e. The summed E-state index contributed by atoms with van der Waals surface area (Å²) in [6.07, 6.45) is 1.07. The van der Waals surface area contributed by atoms with E-state index in [1.54, 1.807) is 35.7 Å². The molecular weight excluding hydrogens is 400 g/mol. The van der Waals surface area contributed by atoms with Crippen LogP contribution in [0.4, 0.5) is 0 Å². The fraction of sp³-hybridized carbons (Fsp3) is 0.111. The van der Waals surface area contributed by atoms with Crippen molar-refractivity contribution >= 4 is 27.3 Å². The third-order valence-electron chi connectivity index (χ3n) is 3.56. The van der Waals surface area contributed by atoms with Gasteiger partial charge in [0.1, 0.15) is 22.5 Å². The van der Waals surface area contributed by atoms with Crippen LogP contribution in [0.5, 0.6) is 5.75 Å². The van der Waals surface area contributed by atoms with E-state index >= 15 is 0 Å². The zero-order valence-electron chi connectivity index (χ0n) is 14.4. The van der Waals surface area contributed by atoms with Crippen molar-refractivity contribution in [1.82, 2.24) is 14.7 Å². The summed E-state index contributed by atoms with van der Waals surface area (Å²) in [7, 11) is -3.82. The molecule has 0 saturated heterocycles. The van der Waals surface area contributed by atoms with Crippen LogP contribution in [-0.2, 0) is 27.0 Å². The van der Waals surface area contributed by atoms with Crippen LogP contribution in [0.15, 0.2) is 48.0 Å². The van der Waals surface area contributed by atoms with E-state index in [0.717, 1.165) is 11.3 Å². The summed E-state index contributed by atoms with van der Waals surface area (Å²) >= 11 is 1.15. The molecular formula is C18H14N4O4S2. The molecule has 3 aromatic rings. The second kappa shape index (κ2) is 8.16. The Labute approximate surface area is 165 Å². The Bertz CT molecular complexity index is 1150. The Morgan fingerprint density at radius 3 is 2.71 bits per heavy atom. The van der Waals surface area contributed by atoms with Crippen molar-refractivity contribution in [3.05, 3.63) is 64.8 Å². The minimum absolute atomic E-state index is 0.187. The highest BCUT2D eigenvalue weighted by atomic mass is 32.2. The maximum atomic E-state index is 12.1. The van der Waals surface area contributed by atoms with Gasteiger partial charge in [0.05, 0.1) is 23.4 Å². The number of carbonyl (C=O) groups excluding carboxylic acids is 1. The summed E-state index contributed by atoms with van der Waals surface area (Å²) < 4.78 is 26.3. The zero-order chi connectivity index (χ0) is 20.1. The number of aromatic nitrogens is 2. The van der Waals surface area contributed by atoms with E-state index in [0.29, 0.717) is 16.3 Å². The average Bonchev–Trinajstić information content (AvgIpc) is 3.09. The van der Waals surface area contributed by atoms with Crippen LogP contribution in [0.25, 0.3) is 10.7 Å². The first-order valence-electron chi connectivity index (χ1n) is 7.97. The molecule has 3 rings (SSSR count). The van der Waals surface area contributed by atoms with Gasteiger partial charge >= 0.3 is 0 Å². The van der Waals surface area contributed by atoms with E-state index in [-0.39, 0.29) is 29.2 Å². The number of thiazole rings is 1. The number of carbonyl (C=O) groups is 1. The molecule has 8 nitrogen and oxygen atoms in total. The Kier molecular flexibility index (Phi) is 5.67. The van der Waals surface area contributed by atoms with Crippen molar-refractivity contribution in [2.45, 2.75) is 12.2 Å². The molecule has 0 aliphatic carbocycles. The number of benzene rings is 1. The molecule has 1 aromatic carbocycles. The molecule has 0 aliphatic rings.